The summed E-state index contributed by atoms with van der Waals surface area (Å²) < 4.78 is 0.996. The number of hydrogen-bond donors (Lipinski definition) is 2. The number of nitrogens with one attached hydrogen (secondary N) is 1. The molecule has 0 spiro atoms. The van der Waals surface area contributed by atoms with Gasteiger partial charge in [-0.2, -0.15) is 0 Å². The van der Waals surface area contributed by atoms with E-state index in [1.54, 1.807) is 6.20 Å². The number of aliphatic hydroxyl groups excluding tert-OH is 1. The molecular formula is C13H19BrN2O. The Morgan fingerprint density at radius 2 is 2.12 bits per heavy atom. The number of aliphatic hydroxyl groups is 1. The topological polar surface area (TPSA) is 45.1 Å². The fourth-order valence-electron chi connectivity index (χ4n) is 2.27. The molecule has 0 aromatic carbocycles. The van der Waals surface area contributed by atoms with E-state index >= 15 is 0 Å². The summed E-state index contributed by atoms with van der Waals surface area (Å²) >= 11 is 3.37. The molecule has 17 heavy (non-hydrogen) atoms. The SMILES string of the molecule is OC1CCCCCC1NCc1ccc(Br)cn1. The Balaban J connectivity index is 1.85. The quantitative estimate of drug-likeness (QED) is 0.843. The maximum atomic E-state index is 9.98. The number of pyridine rings is 1. The molecule has 0 radical (unpaired) electrons. The average Bonchev–Trinajstić information content (AvgIpc) is 2.54. The second-order valence-electron chi connectivity index (χ2n) is 4.66. The number of aromatic nitrogens is 1. The van der Waals surface area contributed by atoms with Crippen LogP contribution in [0, 0.1) is 0 Å². The molecule has 1 fully saturated rings. The van der Waals surface area contributed by atoms with Crippen LogP contribution in [0.1, 0.15) is 37.8 Å². The van der Waals surface area contributed by atoms with Crippen LogP contribution >= 0.6 is 15.9 Å². The monoisotopic (exact) mass is 298 g/mol. The minimum absolute atomic E-state index is 0.201. The van der Waals surface area contributed by atoms with Gasteiger partial charge in [0, 0.05) is 23.3 Å². The maximum Gasteiger partial charge on any atom is 0.0693 e. The summed E-state index contributed by atoms with van der Waals surface area (Å²) in [6.45, 7) is 0.731. The highest BCUT2D eigenvalue weighted by Gasteiger charge is 2.20. The van der Waals surface area contributed by atoms with Crippen molar-refractivity contribution in [2.24, 2.45) is 0 Å². The standard InChI is InChI=1S/C13H19BrN2O/c14-10-6-7-11(15-8-10)9-16-12-4-2-1-3-5-13(12)17/h6-8,12-13,16-17H,1-5,9H2. The fraction of sp³-hybridized carbons (Fsp3) is 0.615. The summed E-state index contributed by atoms with van der Waals surface area (Å²) in [5.41, 5.74) is 1.02. The Kier molecular flexibility index (Phi) is 4.95. The Labute approximate surface area is 111 Å². The lowest BCUT2D eigenvalue weighted by Crippen LogP contribution is -2.38. The van der Waals surface area contributed by atoms with Gasteiger partial charge >= 0.3 is 0 Å². The van der Waals surface area contributed by atoms with Gasteiger partial charge in [0.25, 0.3) is 0 Å². The molecular weight excluding hydrogens is 280 g/mol. The van der Waals surface area contributed by atoms with Gasteiger partial charge < -0.3 is 10.4 Å². The molecule has 1 aromatic rings. The number of nitrogens with zero attached hydrogens (tertiary/aromatic N) is 1. The summed E-state index contributed by atoms with van der Waals surface area (Å²) in [4.78, 5) is 4.32. The van der Waals surface area contributed by atoms with Gasteiger partial charge in [0.15, 0.2) is 0 Å². The van der Waals surface area contributed by atoms with Gasteiger partial charge in [-0.3, -0.25) is 4.98 Å². The van der Waals surface area contributed by atoms with Gasteiger partial charge in [-0.25, -0.2) is 0 Å². The van der Waals surface area contributed by atoms with E-state index in [1.165, 1.54) is 12.8 Å². The van der Waals surface area contributed by atoms with Gasteiger partial charge in [0.2, 0.25) is 0 Å². The van der Waals surface area contributed by atoms with Crippen molar-refractivity contribution < 1.29 is 5.11 Å². The van der Waals surface area contributed by atoms with Crippen molar-refractivity contribution in [2.75, 3.05) is 0 Å². The third kappa shape index (κ3) is 4.05. The maximum absolute atomic E-state index is 9.98. The first-order chi connectivity index (χ1) is 8.25. The summed E-state index contributed by atoms with van der Waals surface area (Å²) in [7, 11) is 0. The van der Waals surface area contributed by atoms with Crippen LogP contribution in [0.15, 0.2) is 22.8 Å². The molecule has 0 bridgehead atoms. The number of halogens is 1. The first kappa shape index (κ1) is 13.0. The van der Waals surface area contributed by atoms with Crippen LogP contribution in [0.25, 0.3) is 0 Å². The minimum Gasteiger partial charge on any atom is -0.392 e. The molecule has 1 aliphatic rings. The highest BCUT2D eigenvalue weighted by molar-refractivity contribution is 9.10. The van der Waals surface area contributed by atoms with Crippen molar-refractivity contribution in [3.8, 4) is 0 Å². The van der Waals surface area contributed by atoms with Crippen LogP contribution in [0.5, 0.6) is 0 Å². The van der Waals surface area contributed by atoms with E-state index in [9.17, 15) is 5.11 Å². The largest absolute Gasteiger partial charge is 0.392 e. The molecule has 0 aliphatic heterocycles. The van der Waals surface area contributed by atoms with E-state index < -0.39 is 0 Å². The van der Waals surface area contributed by atoms with Crippen molar-refractivity contribution >= 4 is 15.9 Å². The third-order valence-corrected chi connectivity index (χ3v) is 3.78. The van der Waals surface area contributed by atoms with Gasteiger partial charge in [-0.05, 0) is 40.9 Å². The second-order valence-corrected chi connectivity index (χ2v) is 5.58. The Hall–Kier alpha value is -0.450. The molecule has 1 saturated carbocycles. The molecule has 3 nitrogen and oxygen atoms in total. The van der Waals surface area contributed by atoms with Gasteiger partial charge in [0.05, 0.1) is 11.8 Å². The van der Waals surface area contributed by atoms with Gasteiger partial charge in [-0.1, -0.05) is 19.3 Å². The molecule has 2 rings (SSSR count). The molecule has 0 saturated heterocycles. The first-order valence-electron chi connectivity index (χ1n) is 6.27. The zero-order chi connectivity index (χ0) is 12.1. The molecule has 4 heteroatoms. The summed E-state index contributed by atoms with van der Waals surface area (Å²) in [5, 5.41) is 13.4. The van der Waals surface area contributed by atoms with E-state index in [2.05, 4.69) is 26.2 Å². The molecule has 2 atom stereocenters. The molecule has 1 aliphatic carbocycles. The molecule has 1 heterocycles. The number of rotatable bonds is 3. The molecule has 2 N–H and O–H groups in total. The fourth-order valence-corrected chi connectivity index (χ4v) is 2.51. The zero-order valence-corrected chi connectivity index (χ0v) is 11.5. The highest BCUT2D eigenvalue weighted by Crippen LogP contribution is 2.18. The van der Waals surface area contributed by atoms with Crippen molar-refractivity contribution in [1.29, 1.82) is 0 Å². The van der Waals surface area contributed by atoms with Crippen molar-refractivity contribution in [3.05, 3.63) is 28.5 Å². The van der Waals surface area contributed by atoms with E-state index in [0.29, 0.717) is 0 Å². The molecule has 1 aromatic heterocycles. The lowest BCUT2D eigenvalue weighted by molar-refractivity contribution is 0.119. The predicted molar refractivity (Wildman–Crippen MR) is 71.7 cm³/mol. The molecule has 94 valence electrons. The van der Waals surface area contributed by atoms with E-state index in [4.69, 9.17) is 0 Å². The lowest BCUT2D eigenvalue weighted by atomic mass is 10.1. The van der Waals surface area contributed by atoms with Crippen LogP contribution in [-0.4, -0.2) is 22.2 Å². The van der Waals surface area contributed by atoms with E-state index in [1.807, 2.05) is 12.1 Å². The number of hydrogen-bond acceptors (Lipinski definition) is 3. The molecule has 0 amide bonds. The predicted octanol–water partition coefficient (Wildman–Crippen LogP) is 2.63. The van der Waals surface area contributed by atoms with Crippen LogP contribution in [-0.2, 0) is 6.54 Å². The van der Waals surface area contributed by atoms with Crippen molar-refractivity contribution in [3.63, 3.8) is 0 Å². The average molecular weight is 299 g/mol. The first-order valence-corrected chi connectivity index (χ1v) is 7.07. The van der Waals surface area contributed by atoms with Gasteiger partial charge in [-0.15, -0.1) is 0 Å². The van der Waals surface area contributed by atoms with E-state index in [-0.39, 0.29) is 12.1 Å². The minimum atomic E-state index is -0.201. The van der Waals surface area contributed by atoms with Crippen LogP contribution < -0.4 is 5.32 Å². The highest BCUT2D eigenvalue weighted by atomic mass is 79.9. The van der Waals surface area contributed by atoms with Crippen LogP contribution in [0.2, 0.25) is 0 Å². The van der Waals surface area contributed by atoms with Crippen LogP contribution in [0.4, 0.5) is 0 Å². The Morgan fingerprint density at radius 1 is 1.29 bits per heavy atom. The summed E-state index contributed by atoms with van der Waals surface area (Å²) in [6.07, 6.45) is 7.20. The molecule has 2 unspecified atom stereocenters. The summed E-state index contributed by atoms with van der Waals surface area (Å²) in [5.74, 6) is 0. The van der Waals surface area contributed by atoms with Crippen molar-refractivity contribution in [2.45, 2.75) is 50.8 Å². The Morgan fingerprint density at radius 3 is 2.88 bits per heavy atom. The van der Waals surface area contributed by atoms with Gasteiger partial charge in [0.1, 0.15) is 0 Å². The smallest absolute Gasteiger partial charge is 0.0693 e. The summed E-state index contributed by atoms with van der Waals surface area (Å²) in [6, 6.07) is 4.22. The normalized spacial score (nSPS) is 25.5. The third-order valence-electron chi connectivity index (χ3n) is 3.31. The Bertz CT molecular complexity index is 342. The van der Waals surface area contributed by atoms with Crippen molar-refractivity contribution in [1.82, 2.24) is 10.3 Å². The van der Waals surface area contributed by atoms with E-state index in [0.717, 1.165) is 36.0 Å². The van der Waals surface area contributed by atoms with Crippen LogP contribution in [0.3, 0.4) is 0 Å². The lowest BCUT2D eigenvalue weighted by Gasteiger charge is -2.21. The zero-order valence-electron chi connectivity index (χ0n) is 9.90. The second kappa shape index (κ2) is 6.47.